The third kappa shape index (κ3) is 2.31. The molecule has 0 saturated heterocycles. The Morgan fingerprint density at radius 1 is 1.43 bits per heavy atom. The van der Waals surface area contributed by atoms with E-state index < -0.39 is 5.97 Å². The number of fused-ring (bicyclic) bond motifs is 5. The highest BCUT2D eigenvalue weighted by atomic mass is 32.1. The molecule has 6 nitrogen and oxygen atoms in total. The van der Waals surface area contributed by atoms with Gasteiger partial charge < -0.3 is 5.11 Å². The minimum absolute atomic E-state index is 0.397. The average molecular weight is 328 g/mol. The maximum absolute atomic E-state index is 10.7. The summed E-state index contributed by atoms with van der Waals surface area (Å²) < 4.78 is 1.72. The summed E-state index contributed by atoms with van der Waals surface area (Å²) >= 11 is 1.76. The number of thiophene rings is 1. The predicted octanol–water partition coefficient (Wildman–Crippen LogP) is 2.87. The van der Waals surface area contributed by atoms with Crippen molar-refractivity contribution in [1.82, 2.24) is 19.6 Å². The molecule has 3 aromatic heterocycles. The summed E-state index contributed by atoms with van der Waals surface area (Å²) in [6.45, 7) is 4.18. The van der Waals surface area contributed by atoms with Gasteiger partial charge in [-0.25, -0.2) is 14.8 Å². The molecule has 0 aliphatic heterocycles. The summed E-state index contributed by atoms with van der Waals surface area (Å²) in [7, 11) is 0. The molecule has 0 radical (unpaired) electrons. The molecule has 23 heavy (non-hydrogen) atoms. The Balaban J connectivity index is 1.97. The number of nitrogens with zero attached hydrogens (tertiary/aromatic N) is 4. The van der Waals surface area contributed by atoms with Gasteiger partial charge in [0.25, 0.3) is 0 Å². The van der Waals surface area contributed by atoms with Crippen LogP contribution in [0.2, 0.25) is 0 Å². The van der Waals surface area contributed by atoms with Crippen LogP contribution in [0.15, 0.2) is 6.08 Å². The molecule has 0 bridgehead atoms. The predicted molar refractivity (Wildman–Crippen MR) is 88.8 cm³/mol. The van der Waals surface area contributed by atoms with Crippen molar-refractivity contribution in [2.75, 3.05) is 0 Å². The SMILES string of the molecule is Cc1nc2sc3c(c2c2nc(/C=C\C(=O)O)nn12)CC[C@@H](C)C3. The summed E-state index contributed by atoms with van der Waals surface area (Å²) in [6.07, 6.45) is 5.80. The molecule has 0 spiro atoms. The Kier molecular flexibility index (Phi) is 3.19. The number of aryl methyl sites for hydroxylation is 2. The van der Waals surface area contributed by atoms with Crippen LogP contribution < -0.4 is 0 Å². The fraction of sp³-hybridized carbons (Fsp3) is 0.375. The number of carboxylic acids is 1. The van der Waals surface area contributed by atoms with Gasteiger partial charge >= 0.3 is 5.97 Å². The third-order valence-electron chi connectivity index (χ3n) is 4.29. The summed E-state index contributed by atoms with van der Waals surface area (Å²) in [5.41, 5.74) is 2.13. The number of carboxylic acid groups (broad SMARTS) is 1. The lowest BCUT2D eigenvalue weighted by Crippen LogP contribution is -2.08. The van der Waals surface area contributed by atoms with Crippen LogP contribution in [0.5, 0.6) is 0 Å². The molecule has 0 aromatic carbocycles. The molecule has 1 N–H and O–H groups in total. The Bertz CT molecular complexity index is 970. The van der Waals surface area contributed by atoms with Crippen LogP contribution in [0.1, 0.15) is 35.4 Å². The number of hydrogen-bond donors (Lipinski definition) is 1. The first-order valence-corrected chi connectivity index (χ1v) is 8.43. The van der Waals surface area contributed by atoms with E-state index in [-0.39, 0.29) is 0 Å². The molecular formula is C16H16N4O2S. The van der Waals surface area contributed by atoms with E-state index in [2.05, 4.69) is 22.0 Å². The van der Waals surface area contributed by atoms with Gasteiger partial charge in [0.15, 0.2) is 11.5 Å². The molecule has 4 rings (SSSR count). The van der Waals surface area contributed by atoms with Gasteiger partial charge in [-0.15, -0.1) is 16.4 Å². The first-order valence-electron chi connectivity index (χ1n) is 7.61. The van der Waals surface area contributed by atoms with Crippen LogP contribution in [0.25, 0.3) is 21.9 Å². The van der Waals surface area contributed by atoms with E-state index in [1.165, 1.54) is 22.9 Å². The molecular weight excluding hydrogens is 312 g/mol. The first-order chi connectivity index (χ1) is 11.0. The van der Waals surface area contributed by atoms with Crippen molar-refractivity contribution in [3.05, 3.63) is 28.2 Å². The van der Waals surface area contributed by atoms with Crippen molar-refractivity contribution in [2.45, 2.75) is 33.1 Å². The van der Waals surface area contributed by atoms with Crippen LogP contribution in [0.4, 0.5) is 0 Å². The molecule has 0 amide bonds. The number of hydrogen-bond acceptors (Lipinski definition) is 5. The maximum Gasteiger partial charge on any atom is 0.328 e. The lowest BCUT2D eigenvalue weighted by Gasteiger charge is -2.17. The topological polar surface area (TPSA) is 80.4 Å². The Morgan fingerprint density at radius 2 is 2.26 bits per heavy atom. The average Bonchev–Trinajstić information content (AvgIpc) is 3.05. The zero-order valence-electron chi connectivity index (χ0n) is 12.9. The monoisotopic (exact) mass is 328 g/mol. The highest BCUT2D eigenvalue weighted by Gasteiger charge is 2.24. The molecule has 7 heteroatoms. The molecule has 3 heterocycles. The van der Waals surface area contributed by atoms with Crippen molar-refractivity contribution < 1.29 is 9.90 Å². The van der Waals surface area contributed by atoms with Crippen LogP contribution in [0, 0.1) is 12.8 Å². The Morgan fingerprint density at radius 3 is 3.04 bits per heavy atom. The standard InChI is InChI=1S/C16H16N4O2S/c1-8-3-4-10-11(7-8)23-16-14(10)15-18-12(5-6-13(21)22)19-20(15)9(2)17-16/h5-6,8H,3-4,7H2,1-2H3,(H,21,22)/b6-5-/t8-/m1/s1. The van der Waals surface area contributed by atoms with Gasteiger partial charge in [-0.3, -0.25) is 0 Å². The van der Waals surface area contributed by atoms with E-state index in [4.69, 9.17) is 5.11 Å². The summed E-state index contributed by atoms with van der Waals surface area (Å²) in [6, 6.07) is 0. The van der Waals surface area contributed by atoms with Crippen LogP contribution >= 0.6 is 11.3 Å². The van der Waals surface area contributed by atoms with E-state index in [9.17, 15) is 4.79 Å². The second kappa shape index (κ2) is 5.13. The lowest BCUT2D eigenvalue weighted by molar-refractivity contribution is -0.131. The number of carbonyl (C=O) groups is 1. The van der Waals surface area contributed by atoms with Gasteiger partial charge in [-0.1, -0.05) is 6.92 Å². The van der Waals surface area contributed by atoms with Gasteiger partial charge in [0, 0.05) is 11.0 Å². The molecule has 1 aliphatic rings. The highest BCUT2D eigenvalue weighted by molar-refractivity contribution is 7.19. The molecule has 3 aromatic rings. The fourth-order valence-electron chi connectivity index (χ4n) is 3.17. The second-order valence-corrected chi connectivity index (χ2v) is 7.15. The molecule has 1 atom stereocenters. The first kappa shape index (κ1) is 14.3. The van der Waals surface area contributed by atoms with E-state index in [1.54, 1.807) is 15.9 Å². The molecule has 0 fully saturated rings. The van der Waals surface area contributed by atoms with Gasteiger partial charge in [0.05, 0.1) is 5.39 Å². The normalized spacial score (nSPS) is 18.1. The minimum Gasteiger partial charge on any atom is -0.478 e. The Hall–Kier alpha value is -2.28. The van der Waals surface area contributed by atoms with Crippen LogP contribution in [-0.2, 0) is 17.6 Å². The zero-order valence-corrected chi connectivity index (χ0v) is 13.7. The molecule has 118 valence electrons. The highest BCUT2D eigenvalue weighted by Crippen LogP contribution is 2.38. The summed E-state index contributed by atoms with van der Waals surface area (Å²) in [5, 5.41) is 14.2. The zero-order chi connectivity index (χ0) is 16.1. The number of rotatable bonds is 2. The molecule has 0 saturated carbocycles. The lowest BCUT2D eigenvalue weighted by atomic mass is 9.89. The van der Waals surface area contributed by atoms with Crippen molar-refractivity contribution in [2.24, 2.45) is 5.92 Å². The summed E-state index contributed by atoms with van der Waals surface area (Å²) in [4.78, 5) is 22.3. The second-order valence-electron chi connectivity index (χ2n) is 6.07. The van der Waals surface area contributed by atoms with E-state index in [1.807, 2.05) is 6.92 Å². The van der Waals surface area contributed by atoms with Gasteiger partial charge in [-0.05, 0) is 43.7 Å². The fourth-order valence-corrected chi connectivity index (χ4v) is 4.59. The minimum atomic E-state index is -1.01. The quantitative estimate of drug-likeness (QED) is 0.732. The van der Waals surface area contributed by atoms with E-state index in [0.717, 1.165) is 40.6 Å². The van der Waals surface area contributed by atoms with Gasteiger partial charge in [0.2, 0.25) is 0 Å². The van der Waals surface area contributed by atoms with Gasteiger partial charge in [-0.2, -0.15) is 4.52 Å². The Labute approximate surface area is 136 Å². The van der Waals surface area contributed by atoms with Crippen molar-refractivity contribution in [1.29, 1.82) is 0 Å². The van der Waals surface area contributed by atoms with E-state index >= 15 is 0 Å². The van der Waals surface area contributed by atoms with Gasteiger partial charge in [0.1, 0.15) is 10.7 Å². The smallest absolute Gasteiger partial charge is 0.328 e. The van der Waals surface area contributed by atoms with Crippen LogP contribution in [0.3, 0.4) is 0 Å². The third-order valence-corrected chi connectivity index (χ3v) is 5.43. The van der Waals surface area contributed by atoms with E-state index in [0.29, 0.717) is 11.7 Å². The van der Waals surface area contributed by atoms with Crippen molar-refractivity contribution in [3.63, 3.8) is 0 Å². The van der Waals surface area contributed by atoms with Crippen LogP contribution in [-0.4, -0.2) is 30.7 Å². The summed E-state index contributed by atoms with van der Waals surface area (Å²) in [5.74, 6) is 0.862. The van der Waals surface area contributed by atoms with Crippen molar-refractivity contribution >= 4 is 39.2 Å². The largest absolute Gasteiger partial charge is 0.478 e. The molecule has 1 aliphatic carbocycles. The number of aromatic nitrogens is 4. The molecule has 0 unspecified atom stereocenters. The maximum atomic E-state index is 10.7. The number of aliphatic carboxylic acids is 1. The van der Waals surface area contributed by atoms with Crippen molar-refractivity contribution in [3.8, 4) is 0 Å².